The third-order valence-electron chi connectivity index (χ3n) is 4.73. The zero-order valence-electron chi connectivity index (χ0n) is 15.0. The van der Waals surface area contributed by atoms with Gasteiger partial charge in [-0.25, -0.2) is 9.97 Å². The summed E-state index contributed by atoms with van der Waals surface area (Å²) in [6, 6.07) is 25.1. The van der Waals surface area contributed by atoms with Crippen molar-refractivity contribution in [2.75, 3.05) is 0 Å². The van der Waals surface area contributed by atoms with E-state index in [1.54, 1.807) is 12.3 Å². The highest BCUT2D eigenvalue weighted by molar-refractivity contribution is 5.81. The van der Waals surface area contributed by atoms with Crippen LogP contribution in [0.2, 0.25) is 0 Å². The molecule has 5 nitrogen and oxygen atoms in total. The lowest BCUT2D eigenvalue weighted by atomic mass is 10.1. The molecule has 0 N–H and O–H groups in total. The summed E-state index contributed by atoms with van der Waals surface area (Å²) in [5.41, 5.74) is 3.15. The number of para-hydroxylation sites is 2. The number of fused-ring (bicyclic) bond motifs is 2. The van der Waals surface area contributed by atoms with Gasteiger partial charge in [0.25, 0.3) is 5.56 Å². The van der Waals surface area contributed by atoms with Crippen molar-refractivity contribution in [3.63, 3.8) is 0 Å². The average Bonchev–Trinajstić information content (AvgIpc) is 2.75. The molecule has 0 amide bonds. The van der Waals surface area contributed by atoms with Crippen molar-refractivity contribution >= 4 is 21.8 Å². The van der Waals surface area contributed by atoms with Crippen molar-refractivity contribution in [2.24, 2.45) is 0 Å². The van der Waals surface area contributed by atoms with Gasteiger partial charge in [0.2, 0.25) is 0 Å². The van der Waals surface area contributed by atoms with Gasteiger partial charge >= 0.3 is 0 Å². The number of nitrogens with zero attached hydrogens (tertiary/aromatic N) is 4. The molecule has 2 heterocycles. The highest BCUT2D eigenvalue weighted by atomic mass is 16.1. The van der Waals surface area contributed by atoms with Gasteiger partial charge in [0, 0.05) is 11.8 Å². The smallest absolute Gasteiger partial charge is 0.267 e. The molecule has 134 valence electrons. The van der Waals surface area contributed by atoms with E-state index in [-0.39, 0.29) is 5.56 Å². The van der Waals surface area contributed by atoms with Crippen LogP contribution in [0.4, 0.5) is 0 Å². The molecule has 0 aliphatic carbocycles. The number of benzene rings is 3. The molecule has 28 heavy (non-hydrogen) atoms. The van der Waals surface area contributed by atoms with E-state index in [1.165, 1.54) is 4.68 Å². The number of hydrogen-bond donors (Lipinski definition) is 0. The van der Waals surface area contributed by atoms with Crippen LogP contribution in [-0.2, 0) is 6.42 Å². The van der Waals surface area contributed by atoms with Crippen molar-refractivity contribution in [2.45, 2.75) is 6.42 Å². The van der Waals surface area contributed by atoms with Gasteiger partial charge in [-0.1, -0.05) is 60.7 Å². The molecule has 0 saturated carbocycles. The Labute approximate surface area is 160 Å². The fourth-order valence-corrected chi connectivity index (χ4v) is 3.35. The zero-order valence-corrected chi connectivity index (χ0v) is 15.0. The Morgan fingerprint density at radius 3 is 2.25 bits per heavy atom. The largest absolute Gasteiger partial charge is 0.280 e. The molecule has 0 bridgehead atoms. The molecule has 0 radical (unpaired) electrons. The molecule has 0 aliphatic heterocycles. The minimum Gasteiger partial charge on any atom is -0.267 e. The Balaban J connectivity index is 1.77. The third-order valence-corrected chi connectivity index (χ3v) is 4.73. The molecule has 0 spiro atoms. The van der Waals surface area contributed by atoms with Crippen molar-refractivity contribution < 1.29 is 0 Å². The molecule has 5 heteroatoms. The first kappa shape index (κ1) is 16.3. The van der Waals surface area contributed by atoms with Gasteiger partial charge in [0.15, 0.2) is 5.82 Å². The summed E-state index contributed by atoms with van der Waals surface area (Å²) in [6.07, 6.45) is 2.26. The maximum atomic E-state index is 13.1. The van der Waals surface area contributed by atoms with Gasteiger partial charge in [-0.05, 0) is 23.8 Å². The van der Waals surface area contributed by atoms with E-state index in [2.05, 4.69) is 5.10 Å². The van der Waals surface area contributed by atoms with Gasteiger partial charge in [-0.15, -0.1) is 0 Å². The first-order chi connectivity index (χ1) is 13.8. The van der Waals surface area contributed by atoms with Crippen molar-refractivity contribution in [3.8, 4) is 5.82 Å². The van der Waals surface area contributed by atoms with Crippen LogP contribution in [-0.4, -0.2) is 19.7 Å². The maximum absolute atomic E-state index is 13.1. The lowest BCUT2D eigenvalue weighted by molar-refractivity contribution is 0.777. The number of rotatable bonds is 3. The van der Waals surface area contributed by atoms with Crippen LogP contribution in [0.5, 0.6) is 0 Å². The number of aromatic nitrogens is 4. The van der Waals surface area contributed by atoms with Crippen LogP contribution in [0.1, 0.15) is 11.3 Å². The van der Waals surface area contributed by atoms with E-state index in [4.69, 9.17) is 9.97 Å². The fourth-order valence-electron chi connectivity index (χ4n) is 3.35. The third kappa shape index (κ3) is 2.83. The van der Waals surface area contributed by atoms with Gasteiger partial charge in [-0.2, -0.15) is 9.78 Å². The van der Waals surface area contributed by atoms with Crippen LogP contribution >= 0.6 is 0 Å². The van der Waals surface area contributed by atoms with E-state index in [0.29, 0.717) is 17.6 Å². The van der Waals surface area contributed by atoms with E-state index < -0.39 is 0 Å². The molecular weight excluding hydrogens is 348 g/mol. The molecular formula is C23H16N4O. The van der Waals surface area contributed by atoms with Gasteiger partial charge < -0.3 is 0 Å². The van der Waals surface area contributed by atoms with Crippen LogP contribution in [0.25, 0.3) is 27.6 Å². The lowest BCUT2D eigenvalue weighted by Crippen LogP contribution is -2.24. The minimum absolute atomic E-state index is 0.197. The van der Waals surface area contributed by atoms with E-state index in [1.807, 2.05) is 72.8 Å². The molecule has 3 aromatic carbocycles. The van der Waals surface area contributed by atoms with Gasteiger partial charge in [-0.3, -0.25) is 4.79 Å². The SMILES string of the molecule is O=c1c2ccccc2cnn1-c1nc2ccccc2nc1Cc1ccccc1. The summed E-state index contributed by atoms with van der Waals surface area (Å²) in [6.45, 7) is 0. The summed E-state index contributed by atoms with van der Waals surface area (Å²) >= 11 is 0. The molecule has 0 saturated heterocycles. The summed E-state index contributed by atoms with van der Waals surface area (Å²) in [7, 11) is 0. The number of hydrogen-bond acceptors (Lipinski definition) is 4. The summed E-state index contributed by atoms with van der Waals surface area (Å²) in [5, 5.41) is 5.80. The first-order valence-corrected chi connectivity index (χ1v) is 9.07. The quantitative estimate of drug-likeness (QED) is 0.487. The van der Waals surface area contributed by atoms with E-state index >= 15 is 0 Å². The van der Waals surface area contributed by atoms with Crippen molar-refractivity contribution in [3.05, 3.63) is 107 Å². The highest BCUT2D eigenvalue weighted by Crippen LogP contribution is 2.19. The molecule has 0 fully saturated rings. The molecule has 0 atom stereocenters. The van der Waals surface area contributed by atoms with E-state index in [0.717, 1.165) is 27.7 Å². The van der Waals surface area contributed by atoms with Crippen molar-refractivity contribution in [1.29, 1.82) is 0 Å². The zero-order chi connectivity index (χ0) is 18.9. The normalized spacial score (nSPS) is 11.1. The second-order valence-electron chi connectivity index (χ2n) is 6.59. The Morgan fingerprint density at radius 1 is 0.750 bits per heavy atom. The molecule has 2 aromatic heterocycles. The molecule has 5 rings (SSSR count). The fraction of sp³-hybridized carbons (Fsp3) is 0.0435. The first-order valence-electron chi connectivity index (χ1n) is 9.07. The van der Waals surface area contributed by atoms with Gasteiger partial charge in [0.1, 0.15) is 0 Å². The van der Waals surface area contributed by atoms with Crippen LogP contribution in [0, 0.1) is 0 Å². The van der Waals surface area contributed by atoms with Crippen LogP contribution in [0.3, 0.4) is 0 Å². The molecule has 0 unspecified atom stereocenters. The molecule has 0 aliphatic rings. The van der Waals surface area contributed by atoms with E-state index in [9.17, 15) is 4.79 Å². The van der Waals surface area contributed by atoms with Crippen LogP contribution in [0.15, 0.2) is 89.9 Å². The second kappa shape index (κ2) is 6.70. The summed E-state index contributed by atoms with van der Waals surface area (Å²) in [4.78, 5) is 22.7. The summed E-state index contributed by atoms with van der Waals surface area (Å²) in [5.74, 6) is 0.471. The van der Waals surface area contributed by atoms with Gasteiger partial charge in [0.05, 0.1) is 28.3 Å². The Bertz CT molecular complexity index is 1360. The Kier molecular flexibility index (Phi) is 3.91. The second-order valence-corrected chi connectivity index (χ2v) is 6.59. The maximum Gasteiger partial charge on any atom is 0.280 e. The topological polar surface area (TPSA) is 60.7 Å². The monoisotopic (exact) mass is 364 g/mol. The standard InChI is InChI=1S/C23H16N4O/c28-23-18-11-5-4-10-17(18)15-24-27(23)22-21(14-16-8-2-1-3-9-16)25-19-12-6-7-13-20(19)26-22/h1-13,15H,14H2. The van der Waals surface area contributed by atoms with Crippen molar-refractivity contribution in [1.82, 2.24) is 19.7 Å². The highest BCUT2D eigenvalue weighted by Gasteiger charge is 2.15. The summed E-state index contributed by atoms with van der Waals surface area (Å²) < 4.78 is 1.36. The predicted molar refractivity (Wildman–Crippen MR) is 110 cm³/mol. The lowest BCUT2D eigenvalue weighted by Gasteiger charge is -2.11. The van der Waals surface area contributed by atoms with Crippen LogP contribution < -0.4 is 5.56 Å². The predicted octanol–water partition coefficient (Wildman–Crippen LogP) is 3.92. The minimum atomic E-state index is -0.197. The Hall–Kier alpha value is -3.86. The molecule has 5 aromatic rings. The Morgan fingerprint density at radius 2 is 1.43 bits per heavy atom. The average molecular weight is 364 g/mol.